The predicted molar refractivity (Wildman–Crippen MR) is 73.9 cm³/mol. The third-order valence-electron chi connectivity index (χ3n) is 2.76. The smallest absolute Gasteiger partial charge is 0.339 e. The monoisotopic (exact) mass is 294 g/mol. The van der Waals surface area contributed by atoms with Gasteiger partial charge in [-0.25, -0.2) is 9.18 Å². The Labute approximate surface area is 120 Å². The maximum atomic E-state index is 13.6. The van der Waals surface area contributed by atoms with Gasteiger partial charge in [-0.1, -0.05) is 17.7 Å². The molecule has 0 unspecified atom stereocenters. The molecule has 2 aromatic rings. The molecule has 0 saturated carbocycles. The number of hydrogen-bond donors (Lipinski definition) is 1. The van der Waals surface area contributed by atoms with Crippen LogP contribution >= 0.6 is 11.6 Å². The van der Waals surface area contributed by atoms with E-state index < -0.39 is 11.8 Å². The highest BCUT2D eigenvalue weighted by atomic mass is 35.5. The van der Waals surface area contributed by atoms with Gasteiger partial charge in [0.1, 0.15) is 23.7 Å². The van der Waals surface area contributed by atoms with Crippen molar-refractivity contribution in [1.29, 1.82) is 0 Å². The molecular formula is C15H12ClFO3. The van der Waals surface area contributed by atoms with E-state index >= 15 is 0 Å². The van der Waals surface area contributed by atoms with E-state index in [-0.39, 0.29) is 23.5 Å². The Morgan fingerprint density at radius 1 is 1.30 bits per heavy atom. The van der Waals surface area contributed by atoms with Crippen LogP contribution in [0.4, 0.5) is 4.39 Å². The summed E-state index contributed by atoms with van der Waals surface area (Å²) in [4.78, 5) is 11.1. The molecule has 104 valence electrons. The third-order valence-corrected chi connectivity index (χ3v) is 2.99. The van der Waals surface area contributed by atoms with Gasteiger partial charge in [-0.3, -0.25) is 0 Å². The molecule has 0 amide bonds. The van der Waals surface area contributed by atoms with Crippen molar-refractivity contribution < 1.29 is 19.0 Å². The Morgan fingerprint density at radius 2 is 2.05 bits per heavy atom. The number of carboxylic acids is 1. The van der Waals surface area contributed by atoms with Crippen LogP contribution in [0.3, 0.4) is 0 Å². The minimum Gasteiger partial charge on any atom is -0.488 e. The number of aromatic carboxylic acids is 1. The van der Waals surface area contributed by atoms with Gasteiger partial charge in [0.25, 0.3) is 0 Å². The number of ether oxygens (including phenoxy) is 1. The third kappa shape index (κ3) is 3.27. The molecule has 0 heterocycles. The maximum absolute atomic E-state index is 13.6. The topological polar surface area (TPSA) is 46.5 Å². The highest BCUT2D eigenvalue weighted by molar-refractivity contribution is 6.30. The molecule has 0 radical (unpaired) electrons. The van der Waals surface area contributed by atoms with E-state index in [0.29, 0.717) is 5.02 Å². The van der Waals surface area contributed by atoms with Crippen LogP contribution in [0.2, 0.25) is 5.02 Å². The van der Waals surface area contributed by atoms with Crippen molar-refractivity contribution in [2.75, 3.05) is 0 Å². The second kappa shape index (κ2) is 5.92. The Balaban J connectivity index is 2.24. The lowest BCUT2D eigenvalue weighted by Crippen LogP contribution is -2.04. The fraction of sp³-hybridized carbons (Fsp3) is 0.133. The molecule has 2 aromatic carbocycles. The predicted octanol–water partition coefficient (Wildman–Crippen LogP) is 4.06. The highest BCUT2D eigenvalue weighted by Gasteiger charge is 2.12. The van der Waals surface area contributed by atoms with Crippen LogP contribution in [-0.2, 0) is 6.61 Å². The average molecular weight is 295 g/mol. The number of halogens is 2. The summed E-state index contributed by atoms with van der Waals surface area (Å²) in [6, 6.07) is 8.88. The van der Waals surface area contributed by atoms with Crippen molar-refractivity contribution in [1.82, 2.24) is 0 Å². The molecule has 0 aliphatic heterocycles. The van der Waals surface area contributed by atoms with Gasteiger partial charge in [0.2, 0.25) is 0 Å². The zero-order chi connectivity index (χ0) is 14.7. The Morgan fingerprint density at radius 3 is 2.75 bits per heavy atom. The minimum absolute atomic E-state index is 0.0398. The zero-order valence-corrected chi connectivity index (χ0v) is 11.4. The van der Waals surface area contributed by atoms with Gasteiger partial charge in [-0.15, -0.1) is 0 Å². The van der Waals surface area contributed by atoms with Gasteiger partial charge in [-0.05, 0) is 42.8 Å². The van der Waals surface area contributed by atoms with Crippen LogP contribution in [0.25, 0.3) is 0 Å². The van der Waals surface area contributed by atoms with Crippen molar-refractivity contribution in [2.45, 2.75) is 13.5 Å². The van der Waals surface area contributed by atoms with Gasteiger partial charge in [0, 0.05) is 10.6 Å². The summed E-state index contributed by atoms with van der Waals surface area (Å²) in [5.41, 5.74) is 1.17. The molecule has 2 rings (SSSR count). The van der Waals surface area contributed by atoms with E-state index in [1.165, 1.54) is 24.3 Å². The number of hydrogen-bond acceptors (Lipinski definition) is 2. The van der Waals surface area contributed by atoms with Crippen LogP contribution in [0.5, 0.6) is 5.75 Å². The van der Waals surface area contributed by atoms with E-state index in [9.17, 15) is 9.18 Å². The van der Waals surface area contributed by atoms with E-state index in [0.717, 1.165) is 5.56 Å². The first-order valence-electron chi connectivity index (χ1n) is 5.88. The number of carbonyl (C=O) groups is 1. The second-order valence-electron chi connectivity index (χ2n) is 4.33. The summed E-state index contributed by atoms with van der Waals surface area (Å²) in [6.07, 6.45) is 0. The van der Waals surface area contributed by atoms with E-state index in [1.54, 1.807) is 12.1 Å². The molecule has 0 aromatic heterocycles. The number of benzene rings is 2. The van der Waals surface area contributed by atoms with Gasteiger partial charge in [0.05, 0.1) is 0 Å². The van der Waals surface area contributed by atoms with Crippen LogP contribution in [0.1, 0.15) is 21.5 Å². The van der Waals surface area contributed by atoms with Crippen molar-refractivity contribution in [3.63, 3.8) is 0 Å². The fourth-order valence-electron chi connectivity index (χ4n) is 1.74. The van der Waals surface area contributed by atoms with Gasteiger partial charge >= 0.3 is 5.97 Å². The lowest BCUT2D eigenvalue weighted by molar-refractivity contribution is 0.0691. The van der Waals surface area contributed by atoms with Crippen LogP contribution in [0, 0.1) is 12.7 Å². The lowest BCUT2D eigenvalue weighted by Gasteiger charge is -2.11. The Hall–Kier alpha value is -2.07. The molecule has 0 aliphatic carbocycles. The van der Waals surface area contributed by atoms with E-state index in [2.05, 4.69) is 0 Å². The van der Waals surface area contributed by atoms with Crippen LogP contribution in [-0.4, -0.2) is 11.1 Å². The molecule has 0 spiro atoms. The number of carboxylic acid groups (broad SMARTS) is 1. The molecule has 1 N–H and O–H groups in total. The van der Waals surface area contributed by atoms with Crippen molar-refractivity contribution in [3.8, 4) is 5.75 Å². The summed E-state index contributed by atoms with van der Waals surface area (Å²) < 4.78 is 19.0. The van der Waals surface area contributed by atoms with E-state index in [4.69, 9.17) is 21.4 Å². The molecule has 0 atom stereocenters. The van der Waals surface area contributed by atoms with Crippen LogP contribution in [0.15, 0.2) is 36.4 Å². The second-order valence-corrected chi connectivity index (χ2v) is 4.77. The first-order chi connectivity index (χ1) is 9.47. The van der Waals surface area contributed by atoms with Gasteiger partial charge in [0.15, 0.2) is 0 Å². The largest absolute Gasteiger partial charge is 0.488 e. The molecule has 0 aliphatic rings. The summed E-state index contributed by atoms with van der Waals surface area (Å²) in [7, 11) is 0. The molecule has 0 fully saturated rings. The highest BCUT2D eigenvalue weighted by Crippen LogP contribution is 2.23. The summed E-state index contributed by atoms with van der Waals surface area (Å²) in [6.45, 7) is 1.73. The Bertz CT molecular complexity index is 656. The summed E-state index contributed by atoms with van der Waals surface area (Å²) >= 11 is 5.79. The normalized spacial score (nSPS) is 10.3. The first-order valence-corrected chi connectivity index (χ1v) is 6.26. The number of rotatable bonds is 4. The Kier molecular flexibility index (Phi) is 4.25. The van der Waals surface area contributed by atoms with Gasteiger partial charge < -0.3 is 9.84 Å². The molecular weight excluding hydrogens is 283 g/mol. The first kappa shape index (κ1) is 14.3. The quantitative estimate of drug-likeness (QED) is 0.925. The van der Waals surface area contributed by atoms with Crippen molar-refractivity contribution in [3.05, 3.63) is 63.9 Å². The fourth-order valence-corrected chi connectivity index (χ4v) is 1.93. The SMILES string of the molecule is Cc1ccc(C(=O)O)c(OCc2cc(Cl)ccc2F)c1. The van der Waals surface area contributed by atoms with E-state index in [1.807, 2.05) is 6.92 Å². The molecule has 20 heavy (non-hydrogen) atoms. The van der Waals surface area contributed by atoms with Crippen molar-refractivity contribution >= 4 is 17.6 Å². The standard InChI is InChI=1S/C15H12ClFO3/c1-9-2-4-12(15(18)19)14(6-9)20-8-10-7-11(16)3-5-13(10)17/h2-7H,8H2,1H3,(H,18,19). The maximum Gasteiger partial charge on any atom is 0.339 e. The molecule has 0 bridgehead atoms. The molecule has 3 nitrogen and oxygen atoms in total. The van der Waals surface area contributed by atoms with Gasteiger partial charge in [-0.2, -0.15) is 0 Å². The summed E-state index contributed by atoms with van der Waals surface area (Å²) in [5, 5.41) is 9.47. The lowest BCUT2D eigenvalue weighted by atomic mass is 10.1. The minimum atomic E-state index is -1.09. The zero-order valence-electron chi connectivity index (χ0n) is 10.7. The number of aryl methyl sites for hydroxylation is 1. The average Bonchev–Trinajstić information content (AvgIpc) is 2.39. The van der Waals surface area contributed by atoms with Crippen LogP contribution < -0.4 is 4.74 Å². The molecule has 5 heteroatoms. The van der Waals surface area contributed by atoms with Crippen molar-refractivity contribution in [2.24, 2.45) is 0 Å². The summed E-state index contributed by atoms with van der Waals surface area (Å²) in [5.74, 6) is -1.33. The molecule has 0 saturated heterocycles.